The summed E-state index contributed by atoms with van der Waals surface area (Å²) in [4.78, 5) is 17.1. The van der Waals surface area contributed by atoms with Crippen LogP contribution in [0.5, 0.6) is 0 Å². The molecule has 4 nitrogen and oxygen atoms in total. The second-order valence-corrected chi connectivity index (χ2v) is 5.12. The van der Waals surface area contributed by atoms with Gasteiger partial charge in [-0.2, -0.15) is 0 Å². The zero-order chi connectivity index (χ0) is 13.1. The third-order valence-electron chi connectivity index (χ3n) is 2.75. The Morgan fingerprint density at radius 3 is 2.53 bits per heavy atom. The van der Waals surface area contributed by atoms with E-state index in [2.05, 4.69) is 4.98 Å². The average Bonchev–Trinajstić information content (AvgIpc) is 2.24. The monoisotopic (exact) mass is 236 g/mol. The van der Waals surface area contributed by atoms with Crippen molar-refractivity contribution >= 4 is 5.97 Å². The molecule has 1 aromatic rings. The van der Waals surface area contributed by atoms with E-state index >= 15 is 0 Å². The first-order valence-corrected chi connectivity index (χ1v) is 5.72. The number of carbonyl (C=O) groups is 1. The van der Waals surface area contributed by atoms with Gasteiger partial charge in [0.2, 0.25) is 0 Å². The number of hydrogen-bond donors (Lipinski definition) is 1. The highest BCUT2D eigenvalue weighted by Gasteiger charge is 2.29. The van der Waals surface area contributed by atoms with Gasteiger partial charge in [-0.25, -0.2) is 0 Å². The quantitative estimate of drug-likeness (QED) is 0.871. The lowest BCUT2D eigenvalue weighted by Gasteiger charge is -2.38. The van der Waals surface area contributed by atoms with E-state index in [1.54, 1.807) is 6.20 Å². The maximum absolute atomic E-state index is 10.9. The Balaban J connectivity index is 2.95. The summed E-state index contributed by atoms with van der Waals surface area (Å²) in [5.74, 6) is -0.817. The van der Waals surface area contributed by atoms with Crippen molar-refractivity contribution < 1.29 is 9.90 Å². The minimum Gasteiger partial charge on any atom is -0.480 e. The van der Waals surface area contributed by atoms with Crippen LogP contribution in [0.25, 0.3) is 0 Å². The number of aromatic nitrogens is 1. The molecule has 0 radical (unpaired) electrons. The van der Waals surface area contributed by atoms with E-state index in [4.69, 9.17) is 5.11 Å². The molecule has 0 aliphatic rings. The van der Waals surface area contributed by atoms with Gasteiger partial charge in [0.05, 0.1) is 18.3 Å². The van der Waals surface area contributed by atoms with E-state index in [-0.39, 0.29) is 18.1 Å². The summed E-state index contributed by atoms with van der Waals surface area (Å²) in [6, 6.07) is 5.67. The number of aliphatic carboxylic acids is 1. The van der Waals surface area contributed by atoms with Crippen molar-refractivity contribution in [3.8, 4) is 0 Å². The number of carboxylic acid groups (broad SMARTS) is 1. The molecule has 4 heteroatoms. The largest absolute Gasteiger partial charge is 0.480 e. The normalized spacial score (nSPS) is 13.7. The van der Waals surface area contributed by atoms with E-state index in [0.29, 0.717) is 0 Å². The SMILES string of the molecule is CC(c1ccccn1)N(CC(=O)O)C(C)(C)C. The minimum absolute atomic E-state index is 0.0151. The predicted molar refractivity (Wildman–Crippen MR) is 66.7 cm³/mol. The standard InChI is InChI=1S/C13H20N2O2/c1-10(11-7-5-6-8-14-11)15(9-12(16)17)13(2,3)4/h5-8,10H,9H2,1-4H3,(H,16,17). The van der Waals surface area contributed by atoms with Crippen molar-refractivity contribution in [2.75, 3.05) is 6.54 Å². The van der Waals surface area contributed by atoms with Gasteiger partial charge >= 0.3 is 5.97 Å². The molecule has 0 saturated carbocycles. The molecular formula is C13H20N2O2. The van der Waals surface area contributed by atoms with Gasteiger partial charge in [-0.05, 0) is 39.8 Å². The van der Waals surface area contributed by atoms with Crippen molar-refractivity contribution in [3.05, 3.63) is 30.1 Å². The van der Waals surface area contributed by atoms with E-state index in [0.717, 1.165) is 5.69 Å². The molecule has 1 heterocycles. The Morgan fingerprint density at radius 1 is 1.47 bits per heavy atom. The van der Waals surface area contributed by atoms with Gasteiger partial charge in [-0.15, -0.1) is 0 Å². The molecule has 0 aliphatic heterocycles. The van der Waals surface area contributed by atoms with Gasteiger partial charge in [-0.1, -0.05) is 6.07 Å². The van der Waals surface area contributed by atoms with Crippen LogP contribution in [0.4, 0.5) is 0 Å². The van der Waals surface area contributed by atoms with Crippen molar-refractivity contribution in [2.45, 2.75) is 39.3 Å². The Bertz CT molecular complexity index is 371. The second kappa shape index (κ2) is 5.27. The fraction of sp³-hybridized carbons (Fsp3) is 0.538. The maximum Gasteiger partial charge on any atom is 0.317 e. The molecule has 0 fully saturated rings. The molecule has 0 bridgehead atoms. The highest BCUT2D eigenvalue weighted by molar-refractivity contribution is 5.69. The third kappa shape index (κ3) is 3.82. The van der Waals surface area contributed by atoms with Crippen molar-refractivity contribution in [1.82, 2.24) is 9.88 Å². The molecule has 0 spiro atoms. The van der Waals surface area contributed by atoms with Gasteiger partial charge in [0, 0.05) is 11.7 Å². The Labute approximate surface area is 102 Å². The van der Waals surface area contributed by atoms with Crippen LogP contribution in [0.1, 0.15) is 39.4 Å². The number of nitrogens with zero attached hydrogens (tertiary/aromatic N) is 2. The molecule has 94 valence electrons. The zero-order valence-corrected chi connectivity index (χ0v) is 10.8. The second-order valence-electron chi connectivity index (χ2n) is 5.12. The first-order chi connectivity index (χ1) is 7.82. The summed E-state index contributed by atoms with van der Waals surface area (Å²) >= 11 is 0. The zero-order valence-electron chi connectivity index (χ0n) is 10.8. The van der Waals surface area contributed by atoms with Crippen LogP contribution in [0.2, 0.25) is 0 Å². The highest BCUT2D eigenvalue weighted by Crippen LogP contribution is 2.26. The first-order valence-electron chi connectivity index (χ1n) is 5.72. The minimum atomic E-state index is -0.817. The molecule has 1 N–H and O–H groups in total. The summed E-state index contributed by atoms with van der Waals surface area (Å²) in [7, 11) is 0. The van der Waals surface area contributed by atoms with Crippen LogP contribution in [0.15, 0.2) is 24.4 Å². The molecule has 1 rings (SSSR count). The summed E-state index contributed by atoms with van der Waals surface area (Å²) in [6.07, 6.45) is 1.73. The third-order valence-corrected chi connectivity index (χ3v) is 2.75. The fourth-order valence-corrected chi connectivity index (χ4v) is 1.88. The Morgan fingerprint density at radius 2 is 2.12 bits per heavy atom. The van der Waals surface area contributed by atoms with Crippen LogP contribution in [0, 0.1) is 0 Å². The van der Waals surface area contributed by atoms with Gasteiger partial charge in [0.25, 0.3) is 0 Å². The predicted octanol–water partition coefficient (Wildman–Crippen LogP) is 2.33. The molecule has 0 amide bonds. The number of pyridine rings is 1. The molecule has 17 heavy (non-hydrogen) atoms. The topological polar surface area (TPSA) is 53.4 Å². The lowest BCUT2D eigenvalue weighted by Crippen LogP contribution is -2.46. The summed E-state index contributed by atoms with van der Waals surface area (Å²) in [6.45, 7) is 8.03. The molecule has 1 unspecified atom stereocenters. The smallest absolute Gasteiger partial charge is 0.317 e. The van der Waals surface area contributed by atoms with E-state index in [1.165, 1.54) is 0 Å². The number of carboxylic acids is 1. The van der Waals surface area contributed by atoms with Crippen LogP contribution in [0.3, 0.4) is 0 Å². The average molecular weight is 236 g/mol. The van der Waals surface area contributed by atoms with E-state index in [1.807, 2.05) is 50.8 Å². The van der Waals surface area contributed by atoms with Crippen molar-refractivity contribution in [1.29, 1.82) is 0 Å². The molecule has 0 aliphatic carbocycles. The molecule has 1 atom stereocenters. The molecule has 0 saturated heterocycles. The Kier molecular flexibility index (Phi) is 4.23. The summed E-state index contributed by atoms with van der Waals surface area (Å²) in [5.41, 5.74) is 0.679. The lowest BCUT2D eigenvalue weighted by atomic mass is 10.0. The lowest BCUT2D eigenvalue weighted by molar-refractivity contribution is -0.140. The Hall–Kier alpha value is -1.42. The fourth-order valence-electron chi connectivity index (χ4n) is 1.88. The maximum atomic E-state index is 10.9. The van der Waals surface area contributed by atoms with E-state index < -0.39 is 5.97 Å². The number of rotatable bonds is 4. The highest BCUT2D eigenvalue weighted by atomic mass is 16.4. The van der Waals surface area contributed by atoms with Gasteiger partial charge in [0.1, 0.15) is 0 Å². The summed E-state index contributed by atoms with van der Waals surface area (Å²) < 4.78 is 0. The summed E-state index contributed by atoms with van der Waals surface area (Å²) in [5, 5.41) is 8.98. The van der Waals surface area contributed by atoms with Gasteiger partial charge < -0.3 is 5.11 Å². The molecular weight excluding hydrogens is 216 g/mol. The number of hydrogen-bond acceptors (Lipinski definition) is 3. The molecule has 1 aromatic heterocycles. The van der Waals surface area contributed by atoms with E-state index in [9.17, 15) is 4.79 Å². The van der Waals surface area contributed by atoms with Crippen molar-refractivity contribution in [3.63, 3.8) is 0 Å². The van der Waals surface area contributed by atoms with Crippen LogP contribution < -0.4 is 0 Å². The van der Waals surface area contributed by atoms with Crippen LogP contribution in [-0.4, -0.2) is 33.0 Å². The van der Waals surface area contributed by atoms with Crippen LogP contribution in [-0.2, 0) is 4.79 Å². The van der Waals surface area contributed by atoms with Crippen molar-refractivity contribution in [2.24, 2.45) is 0 Å². The van der Waals surface area contributed by atoms with Gasteiger partial charge in [-0.3, -0.25) is 14.7 Å². The molecule has 0 aromatic carbocycles. The van der Waals surface area contributed by atoms with Crippen LogP contribution >= 0.6 is 0 Å². The first kappa shape index (κ1) is 13.6. The van der Waals surface area contributed by atoms with Gasteiger partial charge in [0.15, 0.2) is 0 Å².